The molecule has 0 aromatic heterocycles. The number of hydrogen-bond donors (Lipinski definition) is 1. The van der Waals surface area contributed by atoms with Crippen LogP contribution in [0.5, 0.6) is 0 Å². The van der Waals surface area contributed by atoms with Gasteiger partial charge in [0.2, 0.25) is 21.8 Å². The van der Waals surface area contributed by atoms with Crippen molar-refractivity contribution in [2.24, 2.45) is 0 Å². The third kappa shape index (κ3) is 8.18. The Morgan fingerprint density at radius 1 is 0.875 bits per heavy atom. The number of benzene rings is 3. The molecule has 1 atom stereocenters. The first-order chi connectivity index (χ1) is 19.2. The first-order valence-electron chi connectivity index (χ1n) is 13.9. The normalized spacial score (nSPS) is 14.8. The van der Waals surface area contributed by atoms with Crippen molar-refractivity contribution in [3.8, 4) is 0 Å². The molecule has 7 nitrogen and oxygen atoms in total. The number of hydrogen-bond acceptors (Lipinski definition) is 4. The number of aryl methyl sites for hydroxylation is 1. The van der Waals surface area contributed by atoms with Crippen LogP contribution in [-0.2, 0) is 32.6 Å². The van der Waals surface area contributed by atoms with E-state index in [9.17, 15) is 18.0 Å². The zero-order chi connectivity index (χ0) is 28.5. The van der Waals surface area contributed by atoms with Gasteiger partial charge in [0.15, 0.2) is 0 Å². The molecule has 1 saturated carbocycles. The first-order valence-corrected chi connectivity index (χ1v) is 15.8. The minimum atomic E-state index is -3.77. The van der Waals surface area contributed by atoms with Gasteiger partial charge in [0, 0.05) is 19.0 Å². The zero-order valence-electron chi connectivity index (χ0n) is 23.3. The Balaban J connectivity index is 1.71. The second-order valence-electron chi connectivity index (χ2n) is 10.7. The van der Waals surface area contributed by atoms with Gasteiger partial charge in [0.1, 0.15) is 12.6 Å². The summed E-state index contributed by atoms with van der Waals surface area (Å²) in [5.74, 6) is -0.641. The molecule has 40 heavy (non-hydrogen) atoms. The fraction of sp³-hybridized carbons (Fsp3) is 0.375. The lowest BCUT2D eigenvalue weighted by atomic mass is 9.94. The zero-order valence-corrected chi connectivity index (χ0v) is 24.1. The Labute approximate surface area is 238 Å². The number of carbonyl (C=O) groups excluding carboxylic acids is 2. The van der Waals surface area contributed by atoms with Crippen LogP contribution in [0.1, 0.15) is 48.8 Å². The summed E-state index contributed by atoms with van der Waals surface area (Å²) >= 11 is 0. The van der Waals surface area contributed by atoms with E-state index in [0.29, 0.717) is 12.1 Å². The van der Waals surface area contributed by atoms with Gasteiger partial charge in [-0.25, -0.2) is 8.42 Å². The minimum absolute atomic E-state index is 0.0762. The summed E-state index contributed by atoms with van der Waals surface area (Å²) in [6, 6.07) is 25.3. The first kappa shape index (κ1) is 29.3. The Morgan fingerprint density at radius 2 is 1.50 bits per heavy atom. The topological polar surface area (TPSA) is 86.8 Å². The molecule has 8 heteroatoms. The van der Waals surface area contributed by atoms with Gasteiger partial charge in [-0.05, 0) is 43.0 Å². The maximum atomic E-state index is 14.1. The average molecular weight is 562 g/mol. The number of nitrogens with one attached hydrogen (secondary N) is 1. The van der Waals surface area contributed by atoms with Gasteiger partial charge in [0.25, 0.3) is 0 Å². The highest BCUT2D eigenvalue weighted by Crippen LogP contribution is 2.22. The minimum Gasteiger partial charge on any atom is -0.352 e. The number of sulfonamides is 1. The number of para-hydroxylation sites is 1. The fourth-order valence-corrected chi connectivity index (χ4v) is 6.16. The van der Waals surface area contributed by atoms with Crippen LogP contribution in [0.4, 0.5) is 5.69 Å². The molecule has 3 aromatic rings. The highest BCUT2D eigenvalue weighted by atomic mass is 32.2. The van der Waals surface area contributed by atoms with Gasteiger partial charge in [-0.3, -0.25) is 13.9 Å². The van der Waals surface area contributed by atoms with Crippen molar-refractivity contribution in [1.82, 2.24) is 10.2 Å². The number of anilines is 1. The number of amides is 2. The molecule has 0 bridgehead atoms. The van der Waals surface area contributed by atoms with Gasteiger partial charge >= 0.3 is 0 Å². The van der Waals surface area contributed by atoms with Crippen molar-refractivity contribution in [3.63, 3.8) is 0 Å². The molecule has 1 fully saturated rings. The van der Waals surface area contributed by atoms with Crippen molar-refractivity contribution in [3.05, 3.63) is 102 Å². The SMILES string of the molecule is Cc1cccc(CN(C(=O)CN(c2ccccc2)S(C)(=O)=O)[C@H](Cc2ccccc2)C(=O)NC2CCCCC2)c1. The predicted molar refractivity (Wildman–Crippen MR) is 159 cm³/mol. The molecule has 0 radical (unpaired) electrons. The molecule has 3 aromatic carbocycles. The predicted octanol–water partition coefficient (Wildman–Crippen LogP) is 4.85. The molecule has 1 N–H and O–H groups in total. The smallest absolute Gasteiger partial charge is 0.244 e. The highest BCUT2D eigenvalue weighted by Gasteiger charge is 2.34. The molecular weight excluding hydrogens is 522 g/mol. The maximum absolute atomic E-state index is 14.1. The number of carbonyl (C=O) groups is 2. The van der Waals surface area contributed by atoms with Crippen LogP contribution in [0, 0.1) is 6.92 Å². The van der Waals surface area contributed by atoms with Crippen molar-refractivity contribution in [1.29, 1.82) is 0 Å². The van der Waals surface area contributed by atoms with E-state index in [2.05, 4.69) is 5.32 Å². The van der Waals surface area contributed by atoms with E-state index < -0.39 is 28.5 Å². The summed E-state index contributed by atoms with van der Waals surface area (Å²) < 4.78 is 26.8. The van der Waals surface area contributed by atoms with Crippen LogP contribution >= 0.6 is 0 Å². The van der Waals surface area contributed by atoms with Gasteiger partial charge < -0.3 is 10.2 Å². The van der Waals surface area contributed by atoms with Crippen LogP contribution in [0.15, 0.2) is 84.9 Å². The maximum Gasteiger partial charge on any atom is 0.244 e. The monoisotopic (exact) mass is 561 g/mol. The summed E-state index contributed by atoms with van der Waals surface area (Å²) in [6.07, 6.45) is 6.56. The van der Waals surface area contributed by atoms with E-state index in [1.54, 1.807) is 35.2 Å². The van der Waals surface area contributed by atoms with Crippen molar-refractivity contribution < 1.29 is 18.0 Å². The molecule has 1 aliphatic carbocycles. The lowest BCUT2D eigenvalue weighted by Gasteiger charge is -2.35. The van der Waals surface area contributed by atoms with Crippen LogP contribution in [-0.4, -0.2) is 50.0 Å². The highest BCUT2D eigenvalue weighted by molar-refractivity contribution is 7.92. The summed E-state index contributed by atoms with van der Waals surface area (Å²) in [5, 5.41) is 3.22. The Morgan fingerprint density at radius 3 is 2.12 bits per heavy atom. The Hall–Kier alpha value is -3.65. The fourth-order valence-electron chi connectivity index (χ4n) is 5.31. The van der Waals surface area contributed by atoms with Gasteiger partial charge in [-0.15, -0.1) is 0 Å². The summed E-state index contributed by atoms with van der Waals surface area (Å²) in [5.41, 5.74) is 3.25. The lowest BCUT2D eigenvalue weighted by Crippen LogP contribution is -2.55. The van der Waals surface area contributed by atoms with Crippen molar-refractivity contribution >= 4 is 27.5 Å². The van der Waals surface area contributed by atoms with Crippen molar-refractivity contribution in [2.45, 2.75) is 64.1 Å². The van der Waals surface area contributed by atoms with Crippen LogP contribution in [0.25, 0.3) is 0 Å². The molecule has 0 heterocycles. The van der Waals surface area contributed by atoms with Gasteiger partial charge in [-0.2, -0.15) is 0 Å². The molecular formula is C32H39N3O4S. The van der Waals surface area contributed by atoms with Gasteiger partial charge in [-0.1, -0.05) is 97.6 Å². The second kappa shape index (κ2) is 13.6. The van der Waals surface area contributed by atoms with Crippen molar-refractivity contribution in [2.75, 3.05) is 17.1 Å². The summed E-state index contributed by atoms with van der Waals surface area (Å²) in [6.45, 7) is 1.76. The lowest BCUT2D eigenvalue weighted by molar-refractivity contribution is -0.140. The molecule has 4 rings (SSSR count). The second-order valence-corrected chi connectivity index (χ2v) is 12.6. The van der Waals surface area contributed by atoms with E-state index in [1.165, 1.54) is 6.42 Å². The molecule has 2 amide bonds. The summed E-state index contributed by atoms with van der Waals surface area (Å²) in [4.78, 5) is 29.6. The van der Waals surface area contributed by atoms with E-state index in [4.69, 9.17) is 0 Å². The van der Waals surface area contributed by atoms with E-state index in [-0.39, 0.29) is 18.5 Å². The van der Waals surface area contributed by atoms with Gasteiger partial charge in [0.05, 0.1) is 11.9 Å². The molecule has 0 spiro atoms. The number of nitrogens with zero attached hydrogens (tertiary/aromatic N) is 2. The third-order valence-electron chi connectivity index (χ3n) is 7.38. The van der Waals surface area contributed by atoms with Crippen LogP contribution < -0.4 is 9.62 Å². The number of rotatable bonds is 11. The standard InChI is InChI=1S/C32H39N3O4S/c1-25-13-12-16-27(21-25)23-34(31(36)24-35(40(2,38)39)29-19-10-5-11-20-29)30(22-26-14-6-3-7-15-26)32(37)33-28-17-8-4-9-18-28/h3,5-7,10-16,19-21,28,30H,4,8-9,17-18,22-24H2,1-2H3,(H,33,37)/t30-/m1/s1. The Kier molecular flexibility index (Phi) is 9.98. The average Bonchev–Trinajstić information content (AvgIpc) is 2.94. The molecule has 212 valence electrons. The molecule has 0 unspecified atom stereocenters. The van der Waals surface area contributed by atoms with E-state index in [0.717, 1.165) is 52.9 Å². The largest absolute Gasteiger partial charge is 0.352 e. The molecule has 0 saturated heterocycles. The molecule has 0 aliphatic heterocycles. The molecule has 1 aliphatic rings. The van der Waals surface area contributed by atoms with Crippen LogP contribution in [0.2, 0.25) is 0 Å². The summed E-state index contributed by atoms with van der Waals surface area (Å²) in [7, 11) is -3.77. The third-order valence-corrected chi connectivity index (χ3v) is 8.52. The van der Waals surface area contributed by atoms with Crippen LogP contribution in [0.3, 0.4) is 0 Å². The van der Waals surface area contributed by atoms with E-state index >= 15 is 0 Å². The quantitative estimate of drug-likeness (QED) is 0.363. The Bertz CT molecular complexity index is 1370. The van der Waals surface area contributed by atoms with E-state index in [1.807, 2.05) is 61.5 Å².